The standard InChI is InChI=1S/C19H24Cl2N2O6S/c20-15-4-1-5-16(21)18(15)30(26,27)23-8-6-13(7-9-23)19(25)29-12-17(24)22-11-14-3-2-10-28-14/h1,4-5,13-14H,2-3,6-12H2,(H,22,24). The van der Waals surface area contributed by atoms with Gasteiger partial charge in [0, 0.05) is 26.2 Å². The lowest BCUT2D eigenvalue weighted by molar-refractivity contribution is -0.153. The van der Waals surface area contributed by atoms with Gasteiger partial charge in [-0.25, -0.2) is 8.42 Å². The number of nitrogens with one attached hydrogen (secondary N) is 1. The van der Waals surface area contributed by atoms with E-state index in [0.717, 1.165) is 12.8 Å². The Kier molecular flexibility index (Phi) is 7.98. The van der Waals surface area contributed by atoms with Gasteiger partial charge in [-0.1, -0.05) is 29.3 Å². The van der Waals surface area contributed by atoms with Gasteiger partial charge in [-0.3, -0.25) is 9.59 Å². The van der Waals surface area contributed by atoms with Crippen molar-refractivity contribution < 1.29 is 27.5 Å². The molecule has 3 rings (SSSR count). The Bertz CT molecular complexity index is 861. The molecule has 0 bridgehead atoms. The van der Waals surface area contributed by atoms with Crippen molar-refractivity contribution in [2.75, 3.05) is 32.8 Å². The number of nitrogens with zero attached hydrogens (tertiary/aromatic N) is 1. The molecule has 166 valence electrons. The van der Waals surface area contributed by atoms with Gasteiger partial charge in [-0.15, -0.1) is 0 Å². The van der Waals surface area contributed by atoms with Crippen molar-refractivity contribution in [1.82, 2.24) is 9.62 Å². The molecule has 30 heavy (non-hydrogen) atoms. The fraction of sp³-hybridized carbons (Fsp3) is 0.579. The molecule has 1 atom stereocenters. The predicted octanol–water partition coefficient (Wildman–Crippen LogP) is 2.23. The highest BCUT2D eigenvalue weighted by atomic mass is 35.5. The van der Waals surface area contributed by atoms with Crippen molar-refractivity contribution in [3.05, 3.63) is 28.2 Å². The van der Waals surface area contributed by atoms with E-state index >= 15 is 0 Å². The number of esters is 1. The molecular weight excluding hydrogens is 455 g/mol. The van der Waals surface area contributed by atoms with E-state index in [2.05, 4.69) is 5.32 Å². The summed E-state index contributed by atoms with van der Waals surface area (Å²) in [6, 6.07) is 4.51. The van der Waals surface area contributed by atoms with Gasteiger partial charge in [-0.05, 0) is 37.8 Å². The van der Waals surface area contributed by atoms with Crippen molar-refractivity contribution in [1.29, 1.82) is 0 Å². The van der Waals surface area contributed by atoms with Gasteiger partial charge >= 0.3 is 5.97 Å². The number of carbonyl (C=O) groups excluding carboxylic acids is 2. The molecule has 0 aromatic heterocycles. The van der Waals surface area contributed by atoms with Crippen LogP contribution in [0.25, 0.3) is 0 Å². The van der Waals surface area contributed by atoms with E-state index in [-0.39, 0.29) is 59.5 Å². The van der Waals surface area contributed by atoms with Gasteiger partial charge in [0.05, 0.1) is 22.1 Å². The van der Waals surface area contributed by atoms with Crippen molar-refractivity contribution >= 4 is 45.1 Å². The number of hydrogen-bond donors (Lipinski definition) is 1. The zero-order valence-corrected chi connectivity index (χ0v) is 18.6. The number of amides is 1. The van der Waals surface area contributed by atoms with Gasteiger partial charge in [0.2, 0.25) is 10.0 Å². The highest BCUT2D eigenvalue weighted by Gasteiger charge is 2.35. The van der Waals surface area contributed by atoms with Crippen LogP contribution in [-0.2, 0) is 29.1 Å². The van der Waals surface area contributed by atoms with Crippen LogP contribution in [0.4, 0.5) is 0 Å². The molecule has 1 aromatic carbocycles. The molecule has 1 amide bonds. The summed E-state index contributed by atoms with van der Waals surface area (Å²) in [6.07, 6.45) is 2.48. The smallest absolute Gasteiger partial charge is 0.309 e. The van der Waals surface area contributed by atoms with Crippen LogP contribution >= 0.6 is 23.2 Å². The monoisotopic (exact) mass is 478 g/mol. The molecule has 0 aliphatic carbocycles. The van der Waals surface area contributed by atoms with E-state index in [4.69, 9.17) is 32.7 Å². The van der Waals surface area contributed by atoms with Crippen LogP contribution in [0, 0.1) is 5.92 Å². The Labute approximate surface area is 185 Å². The zero-order valence-electron chi connectivity index (χ0n) is 16.3. The third-order valence-electron chi connectivity index (χ3n) is 5.20. The summed E-state index contributed by atoms with van der Waals surface area (Å²) < 4.78 is 37.5. The SMILES string of the molecule is O=C(COC(=O)C1CCN(S(=O)(=O)c2c(Cl)cccc2Cl)CC1)NCC1CCCO1. The number of carbonyl (C=O) groups is 2. The molecule has 1 unspecified atom stereocenters. The number of sulfonamides is 1. The highest BCUT2D eigenvalue weighted by molar-refractivity contribution is 7.89. The summed E-state index contributed by atoms with van der Waals surface area (Å²) in [5, 5.41) is 2.79. The first-order chi connectivity index (χ1) is 14.3. The van der Waals surface area contributed by atoms with Gasteiger partial charge in [0.1, 0.15) is 4.90 Å². The molecule has 0 saturated carbocycles. The quantitative estimate of drug-likeness (QED) is 0.602. The van der Waals surface area contributed by atoms with E-state index in [1.54, 1.807) is 6.07 Å². The highest BCUT2D eigenvalue weighted by Crippen LogP contribution is 2.33. The third-order valence-corrected chi connectivity index (χ3v) is 8.06. The summed E-state index contributed by atoms with van der Waals surface area (Å²) in [5.41, 5.74) is 0. The van der Waals surface area contributed by atoms with E-state index in [0.29, 0.717) is 13.2 Å². The Balaban J connectivity index is 1.46. The third kappa shape index (κ3) is 5.64. The number of benzene rings is 1. The Morgan fingerprint density at radius 2 is 1.83 bits per heavy atom. The minimum Gasteiger partial charge on any atom is -0.455 e. The van der Waals surface area contributed by atoms with E-state index < -0.39 is 21.9 Å². The minimum absolute atomic E-state index is 0.0162. The van der Waals surface area contributed by atoms with Gasteiger partial charge in [0.25, 0.3) is 5.91 Å². The Hall–Kier alpha value is -1.39. The normalized spacial score (nSPS) is 20.8. The maximum Gasteiger partial charge on any atom is 0.309 e. The second-order valence-corrected chi connectivity index (χ2v) is 9.97. The number of halogens is 2. The van der Waals surface area contributed by atoms with E-state index in [1.165, 1.54) is 16.4 Å². The largest absolute Gasteiger partial charge is 0.455 e. The molecule has 2 aliphatic heterocycles. The average Bonchev–Trinajstić information content (AvgIpc) is 3.24. The van der Waals surface area contributed by atoms with Crippen molar-refractivity contribution in [3.63, 3.8) is 0 Å². The van der Waals surface area contributed by atoms with Crippen molar-refractivity contribution in [2.45, 2.75) is 36.7 Å². The van der Waals surface area contributed by atoms with Gasteiger partial charge in [-0.2, -0.15) is 4.31 Å². The molecular formula is C19H24Cl2N2O6S. The van der Waals surface area contributed by atoms with Crippen LogP contribution in [0.2, 0.25) is 10.0 Å². The second-order valence-electron chi connectivity index (χ2n) is 7.28. The molecule has 0 spiro atoms. The maximum atomic E-state index is 12.9. The summed E-state index contributed by atoms with van der Waals surface area (Å²) in [4.78, 5) is 24.0. The van der Waals surface area contributed by atoms with Gasteiger partial charge in [0.15, 0.2) is 6.61 Å². The summed E-state index contributed by atoms with van der Waals surface area (Å²) in [6.45, 7) is 1.01. The first-order valence-electron chi connectivity index (χ1n) is 9.78. The Morgan fingerprint density at radius 1 is 1.17 bits per heavy atom. The fourth-order valence-corrected chi connectivity index (χ4v) is 6.09. The molecule has 1 aromatic rings. The first kappa shape index (κ1) is 23.3. The van der Waals surface area contributed by atoms with Gasteiger partial charge < -0.3 is 14.8 Å². The fourth-order valence-electron chi connectivity index (χ4n) is 3.53. The molecule has 2 saturated heterocycles. The van der Waals surface area contributed by atoms with Crippen molar-refractivity contribution in [3.8, 4) is 0 Å². The summed E-state index contributed by atoms with van der Waals surface area (Å²) >= 11 is 12.1. The minimum atomic E-state index is -3.87. The summed E-state index contributed by atoms with van der Waals surface area (Å²) in [5.74, 6) is -1.36. The van der Waals surface area contributed by atoms with Crippen LogP contribution < -0.4 is 5.32 Å². The molecule has 1 N–H and O–H groups in total. The molecule has 0 radical (unpaired) electrons. The lowest BCUT2D eigenvalue weighted by Crippen LogP contribution is -2.41. The molecule has 8 nitrogen and oxygen atoms in total. The van der Waals surface area contributed by atoms with E-state index in [1.807, 2.05) is 0 Å². The Morgan fingerprint density at radius 3 is 2.43 bits per heavy atom. The molecule has 11 heteroatoms. The van der Waals surface area contributed by atoms with Crippen LogP contribution in [-0.4, -0.2) is 63.6 Å². The van der Waals surface area contributed by atoms with Crippen LogP contribution in [0.3, 0.4) is 0 Å². The average molecular weight is 479 g/mol. The lowest BCUT2D eigenvalue weighted by atomic mass is 9.98. The second kappa shape index (κ2) is 10.3. The number of ether oxygens (including phenoxy) is 2. The topological polar surface area (TPSA) is 102 Å². The van der Waals surface area contributed by atoms with E-state index in [9.17, 15) is 18.0 Å². The number of rotatable bonds is 7. The predicted molar refractivity (Wildman–Crippen MR) is 111 cm³/mol. The van der Waals surface area contributed by atoms with Crippen molar-refractivity contribution in [2.24, 2.45) is 5.92 Å². The number of hydrogen-bond acceptors (Lipinski definition) is 6. The maximum absolute atomic E-state index is 12.9. The number of piperidine rings is 1. The summed E-state index contributed by atoms with van der Waals surface area (Å²) in [7, 11) is -3.87. The van der Waals surface area contributed by atoms with Crippen LogP contribution in [0.15, 0.2) is 23.1 Å². The molecule has 2 aliphatic rings. The molecule has 2 fully saturated rings. The van der Waals surface area contributed by atoms with Crippen LogP contribution in [0.5, 0.6) is 0 Å². The first-order valence-corrected chi connectivity index (χ1v) is 12.0. The lowest BCUT2D eigenvalue weighted by Gasteiger charge is -2.30. The van der Waals surface area contributed by atoms with Crippen LogP contribution in [0.1, 0.15) is 25.7 Å². The zero-order chi connectivity index (χ0) is 21.7. The molecule has 2 heterocycles.